The molecule has 0 unspecified atom stereocenters. The molecule has 0 spiro atoms. The van der Waals surface area contributed by atoms with E-state index in [1.165, 1.54) is 0 Å². The molecule has 31 heavy (non-hydrogen) atoms. The van der Waals surface area contributed by atoms with Crippen LogP contribution in [-0.2, 0) is 23.9 Å². The van der Waals surface area contributed by atoms with Crippen molar-refractivity contribution in [3.05, 3.63) is 60.2 Å². The number of rotatable bonds is 10. The SMILES string of the molecule is CC(C)OC(=O)c1ccc(NC(=O)CCCC(=O)OCC(=O)Nc2ccccc2)cc1. The maximum absolute atomic E-state index is 12.0. The number of amides is 2. The lowest BCUT2D eigenvalue weighted by Crippen LogP contribution is -2.21. The molecule has 0 aromatic heterocycles. The molecule has 8 nitrogen and oxygen atoms in total. The third-order valence-corrected chi connectivity index (χ3v) is 3.95. The molecule has 0 aliphatic heterocycles. The highest BCUT2D eigenvalue weighted by Gasteiger charge is 2.11. The second-order valence-corrected chi connectivity index (χ2v) is 7.01. The summed E-state index contributed by atoms with van der Waals surface area (Å²) in [4.78, 5) is 47.3. The van der Waals surface area contributed by atoms with Gasteiger partial charge in [0.2, 0.25) is 5.91 Å². The van der Waals surface area contributed by atoms with Crippen molar-refractivity contribution in [2.75, 3.05) is 17.2 Å². The lowest BCUT2D eigenvalue weighted by Gasteiger charge is -2.09. The largest absolute Gasteiger partial charge is 0.459 e. The van der Waals surface area contributed by atoms with Gasteiger partial charge in [-0.05, 0) is 56.7 Å². The summed E-state index contributed by atoms with van der Waals surface area (Å²) in [6.07, 6.45) is 0.204. The Labute approximate surface area is 180 Å². The van der Waals surface area contributed by atoms with Gasteiger partial charge in [-0.15, -0.1) is 0 Å². The molecule has 8 heteroatoms. The van der Waals surface area contributed by atoms with Gasteiger partial charge in [0, 0.05) is 24.2 Å². The number of nitrogens with one attached hydrogen (secondary N) is 2. The van der Waals surface area contributed by atoms with Gasteiger partial charge in [0.05, 0.1) is 11.7 Å². The van der Waals surface area contributed by atoms with Crippen molar-refractivity contribution in [3.8, 4) is 0 Å². The van der Waals surface area contributed by atoms with Crippen LogP contribution < -0.4 is 10.6 Å². The fraction of sp³-hybridized carbons (Fsp3) is 0.304. The number of hydrogen-bond donors (Lipinski definition) is 2. The Morgan fingerprint density at radius 2 is 1.42 bits per heavy atom. The number of hydrogen-bond acceptors (Lipinski definition) is 6. The average molecular weight is 426 g/mol. The molecule has 0 bridgehead atoms. The summed E-state index contributed by atoms with van der Waals surface area (Å²) in [6.45, 7) is 3.15. The summed E-state index contributed by atoms with van der Waals surface area (Å²) in [6, 6.07) is 15.2. The highest BCUT2D eigenvalue weighted by atomic mass is 16.5. The number of para-hydroxylation sites is 1. The number of anilines is 2. The van der Waals surface area contributed by atoms with Crippen LogP contribution >= 0.6 is 0 Å². The van der Waals surface area contributed by atoms with Gasteiger partial charge in [0.25, 0.3) is 5.91 Å². The van der Waals surface area contributed by atoms with Crippen LogP contribution in [0.5, 0.6) is 0 Å². The molecule has 0 radical (unpaired) electrons. The molecule has 0 saturated carbocycles. The number of esters is 2. The smallest absolute Gasteiger partial charge is 0.338 e. The minimum atomic E-state index is -0.552. The van der Waals surface area contributed by atoms with E-state index in [2.05, 4.69) is 10.6 Å². The zero-order chi connectivity index (χ0) is 22.6. The van der Waals surface area contributed by atoms with Crippen molar-refractivity contribution in [1.82, 2.24) is 0 Å². The molecular formula is C23H26N2O6. The average Bonchev–Trinajstić information content (AvgIpc) is 2.73. The summed E-state index contributed by atoms with van der Waals surface area (Å²) < 4.78 is 10.0. The Bertz CT molecular complexity index is 894. The summed E-state index contributed by atoms with van der Waals surface area (Å²) in [7, 11) is 0. The van der Waals surface area contributed by atoms with Crippen LogP contribution in [0.2, 0.25) is 0 Å². The fourth-order valence-electron chi connectivity index (χ4n) is 2.53. The molecule has 2 amide bonds. The first kappa shape index (κ1) is 23.6. The molecule has 0 heterocycles. The van der Waals surface area contributed by atoms with Gasteiger partial charge in [-0.1, -0.05) is 18.2 Å². The second kappa shape index (κ2) is 12.1. The molecule has 2 aromatic rings. The Morgan fingerprint density at radius 1 is 0.806 bits per heavy atom. The van der Waals surface area contributed by atoms with Crippen LogP contribution in [0.4, 0.5) is 11.4 Å². The fourth-order valence-corrected chi connectivity index (χ4v) is 2.53. The van der Waals surface area contributed by atoms with E-state index in [1.807, 2.05) is 6.07 Å². The quantitative estimate of drug-likeness (QED) is 0.562. The van der Waals surface area contributed by atoms with Crippen molar-refractivity contribution < 1.29 is 28.7 Å². The molecular weight excluding hydrogens is 400 g/mol. The van der Waals surface area contributed by atoms with E-state index in [0.29, 0.717) is 16.9 Å². The van der Waals surface area contributed by atoms with Gasteiger partial charge in [-0.3, -0.25) is 14.4 Å². The molecule has 0 saturated heterocycles. The molecule has 2 rings (SSSR count). The summed E-state index contributed by atoms with van der Waals surface area (Å²) in [5, 5.41) is 5.30. The Balaban J connectivity index is 1.64. The normalized spacial score (nSPS) is 10.3. The summed E-state index contributed by atoms with van der Waals surface area (Å²) in [5.74, 6) is -1.68. The minimum Gasteiger partial charge on any atom is -0.459 e. The monoisotopic (exact) mass is 426 g/mol. The topological polar surface area (TPSA) is 111 Å². The molecule has 0 aliphatic rings. The molecule has 0 atom stereocenters. The van der Waals surface area contributed by atoms with Crippen molar-refractivity contribution in [2.45, 2.75) is 39.2 Å². The molecule has 0 aliphatic carbocycles. The third-order valence-electron chi connectivity index (χ3n) is 3.95. The van der Waals surface area contributed by atoms with E-state index in [0.717, 1.165) is 0 Å². The van der Waals surface area contributed by atoms with Gasteiger partial charge >= 0.3 is 11.9 Å². The van der Waals surface area contributed by atoms with E-state index in [-0.39, 0.29) is 37.9 Å². The van der Waals surface area contributed by atoms with Crippen LogP contribution in [0.15, 0.2) is 54.6 Å². The van der Waals surface area contributed by atoms with Crippen LogP contribution in [0.1, 0.15) is 43.5 Å². The standard InChI is InChI=1S/C23H26N2O6/c1-16(2)31-23(29)17-11-13-19(14-12-17)24-20(26)9-6-10-22(28)30-15-21(27)25-18-7-4-3-5-8-18/h3-5,7-8,11-14,16H,6,9-10,15H2,1-2H3,(H,24,26)(H,25,27). The summed E-state index contributed by atoms with van der Waals surface area (Å²) in [5.41, 5.74) is 1.54. The summed E-state index contributed by atoms with van der Waals surface area (Å²) >= 11 is 0. The highest BCUT2D eigenvalue weighted by Crippen LogP contribution is 2.12. The van der Waals surface area contributed by atoms with Gasteiger partial charge in [0.1, 0.15) is 0 Å². The predicted molar refractivity (Wildman–Crippen MR) is 116 cm³/mol. The zero-order valence-corrected chi connectivity index (χ0v) is 17.6. The molecule has 0 fully saturated rings. The van der Waals surface area contributed by atoms with Crippen molar-refractivity contribution in [3.63, 3.8) is 0 Å². The van der Waals surface area contributed by atoms with Crippen LogP contribution in [-0.4, -0.2) is 36.5 Å². The van der Waals surface area contributed by atoms with Crippen LogP contribution in [0.25, 0.3) is 0 Å². The first-order valence-electron chi connectivity index (χ1n) is 9.95. The van der Waals surface area contributed by atoms with Crippen LogP contribution in [0, 0.1) is 0 Å². The van der Waals surface area contributed by atoms with Gasteiger partial charge in [-0.25, -0.2) is 4.79 Å². The molecule has 164 valence electrons. The lowest BCUT2D eigenvalue weighted by atomic mass is 10.2. The Kier molecular flexibility index (Phi) is 9.22. The van der Waals surface area contributed by atoms with E-state index in [4.69, 9.17) is 9.47 Å². The number of benzene rings is 2. The maximum atomic E-state index is 12.0. The van der Waals surface area contributed by atoms with Gasteiger partial charge in [0.15, 0.2) is 6.61 Å². The first-order valence-corrected chi connectivity index (χ1v) is 9.95. The van der Waals surface area contributed by atoms with Crippen molar-refractivity contribution >= 4 is 35.1 Å². The Hall–Kier alpha value is -3.68. The third kappa shape index (κ3) is 9.12. The predicted octanol–water partition coefficient (Wildman–Crippen LogP) is 3.54. The van der Waals surface area contributed by atoms with E-state index in [1.54, 1.807) is 62.4 Å². The van der Waals surface area contributed by atoms with Gasteiger partial charge in [-0.2, -0.15) is 0 Å². The highest BCUT2D eigenvalue weighted by molar-refractivity contribution is 5.94. The molecule has 2 N–H and O–H groups in total. The Morgan fingerprint density at radius 3 is 2.06 bits per heavy atom. The van der Waals surface area contributed by atoms with Crippen molar-refractivity contribution in [1.29, 1.82) is 0 Å². The van der Waals surface area contributed by atoms with Crippen molar-refractivity contribution in [2.24, 2.45) is 0 Å². The maximum Gasteiger partial charge on any atom is 0.338 e. The lowest BCUT2D eigenvalue weighted by molar-refractivity contribution is -0.147. The second-order valence-electron chi connectivity index (χ2n) is 7.01. The van der Waals surface area contributed by atoms with E-state index in [9.17, 15) is 19.2 Å². The van der Waals surface area contributed by atoms with E-state index < -0.39 is 17.8 Å². The number of carbonyl (C=O) groups is 4. The van der Waals surface area contributed by atoms with Gasteiger partial charge < -0.3 is 20.1 Å². The van der Waals surface area contributed by atoms with Crippen LogP contribution in [0.3, 0.4) is 0 Å². The number of carbonyl (C=O) groups excluding carboxylic acids is 4. The molecule has 2 aromatic carbocycles. The zero-order valence-electron chi connectivity index (χ0n) is 17.6. The minimum absolute atomic E-state index is 0.0199. The van der Waals surface area contributed by atoms with E-state index >= 15 is 0 Å². The first-order chi connectivity index (χ1) is 14.8. The number of ether oxygens (including phenoxy) is 2.